The maximum atomic E-state index is 12.6. The van der Waals surface area contributed by atoms with E-state index in [0.717, 1.165) is 5.57 Å². The molecule has 0 amide bonds. The number of nitrogen functional groups attached to an aromatic ring is 1. The van der Waals surface area contributed by atoms with Gasteiger partial charge in [-0.25, -0.2) is 0 Å². The van der Waals surface area contributed by atoms with Crippen LogP contribution in [0.5, 0.6) is 11.5 Å². The van der Waals surface area contributed by atoms with E-state index >= 15 is 0 Å². The summed E-state index contributed by atoms with van der Waals surface area (Å²) in [4.78, 5) is 24.0. The van der Waals surface area contributed by atoms with Gasteiger partial charge in [-0.05, 0) is 38.1 Å². The highest BCUT2D eigenvalue weighted by molar-refractivity contribution is 5.92. The number of carbonyl (C=O) groups is 1. The zero-order chi connectivity index (χ0) is 17.1. The molecule has 0 saturated heterocycles. The molecule has 0 atom stereocenters. The number of fused-ring (bicyclic) bond motifs is 1. The van der Waals surface area contributed by atoms with Gasteiger partial charge in [0.15, 0.2) is 5.75 Å². The van der Waals surface area contributed by atoms with Crippen LogP contribution in [0.3, 0.4) is 0 Å². The number of rotatable bonds is 4. The number of nitrogens with zero attached hydrogens (tertiary/aromatic N) is 1. The molecular formula is C17H20N2O4. The van der Waals surface area contributed by atoms with Crippen molar-refractivity contribution in [1.29, 1.82) is 0 Å². The van der Waals surface area contributed by atoms with Crippen LogP contribution in [0, 0.1) is 0 Å². The van der Waals surface area contributed by atoms with Crippen LogP contribution in [-0.2, 0) is 11.8 Å². The summed E-state index contributed by atoms with van der Waals surface area (Å²) in [5.41, 5.74) is 7.54. The van der Waals surface area contributed by atoms with Crippen molar-refractivity contribution in [2.24, 2.45) is 7.05 Å². The second kappa shape index (κ2) is 6.56. The first-order chi connectivity index (χ1) is 10.8. The van der Waals surface area contributed by atoms with Gasteiger partial charge in [0.25, 0.3) is 5.56 Å². The third kappa shape index (κ3) is 3.53. The number of anilines is 1. The largest absolute Gasteiger partial charge is 0.481 e. The number of benzene rings is 1. The first-order valence-corrected chi connectivity index (χ1v) is 7.18. The summed E-state index contributed by atoms with van der Waals surface area (Å²) in [6.45, 7) is 5.35. The number of carbonyl (C=O) groups excluding carboxylic acids is 1. The number of allylic oxidation sites excluding steroid dienone is 1. The molecule has 1 heterocycles. The molecule has 6 heteroatoms. The number of aromatic nitrogens is 1. The molecule has 2 rings (SSSR count). The molecule has 0 aliphatic rings. The average Bonchev–Trinajstić information content (AvgIpc) is 2.47. The first-order valence-electron chi connectivity index (χ1n) is 7.18. The highest BCUT2D eigenvalue weighted by Gasteiger charge is 2.19. The molecule has 0 unspecified atom stereocenters. The van der Waals surface area contributed by atoms with Gasteiger partial charge in [-0.2, -0.15) is 0 Å². The van der Waals surface area contributed by atoms with Crippen molar-refractivity contribution < 1.29 is 14.3 Å². The van der Waals surface area contributed by atoms with Gasteiger partial charge in [-0.15, -0.1) is 0 Å². The zero-order valence-electron chi connectivity index (χ0n) is 13.7. The van der Waals surface area contributed by atoms with Crippen LogP contribution in [-0.4, -0.2) is 17.1 Å². The lowest BCUT2D eigenvalue weighted by molar-refractivity contribution is -0.131. The highest BCUT2D eigenvalue weighted by atomic mass is 16.6. The van der Waals surface area contributed by atoms with Gasteiger partial charge in [0.2, 0.25) is 5.75 Å². The van der Waals surface area contributed by atoms with Crippen LogP contribution in [0.25, 0.3) is 10.9 Å². The van der Waals surface area contributed by atoms with Gasteiger partial charge in [0.1, 0.15) is 6.61 Å². The van der Waals surface area contributed by atoms with Gasteiger partial charge in [-0.3, -0.25) is 9.59 Å². The van der Waals surface area contributed by atoms with Crippen molar-refractivity contribution in [3.8, 4) is 11.5 Å². The lowest BCUT2D eigenvalue weighted by Crippen LogP contribution is -2.22. The molecule has 0 bridgehead atoms. The van der Waals surface area contributed by atoms with E-state index in [9.17, 15) is 9.59 Å². The number of nitrogens with two attached hydrogens (primary N) is 1. The second-order valence-corrected chi connectivity index (χ2v) is 5.49. The van der Waals surface area contributed by atoms with Crippen LogP contribution in [0.2, 0.25) is 0 Å². The van der Waals surface area contributed by atoms with E-state index in [4.69, 9.17) is 15.2 Å². The van der Waals surface area contributed by atoms with Crippen LogP contribution in [0.4, 0.5) is 5.69 Å². The van der Waals surface area contributed by atoms with E-state index < -0.39 is 5.97 Å². The summed E-state index contributed by atoms with van der Waals surface area (Å²) in [6, 6.07) is 5.04. The Morgan fingerprint density at radius 3 is 2.57 bits per heavy atom. The van der Waals surface area contributed by atoms with Gasteiger partial charge in [-0.1, -0.05) is 5.57 Å². The molecule has 0 spiro atoms. The van der Waals surface area contributed by atoms with Crippen molar-refractivity contribution in [3.63, 3.8) is 0 Å². The smallest absolute Gasteiger partial charge is 0.308 e. The molecule has 1 aromatic heterocycles. The number of aryl methyl sites for hydroxylation is 1. The Morgan fingerprint density at radius 2 is 1.96 bits per heavy atom. The van der Waals surface area contributed by atoms with E-state index in [1.165, 1.54) is 11.5 Å². The molecule has 0 saturated carbocycles. The number of pyridine rings is 1. The fourth-order valence-electron chi connectivity index (χ4n) is 2.16. The molecule has 0 fully saturated rings. The van der Waals surface area contributed by atoms with Crippen LogP contribution >= 0.6 is 0 Å². The summed E-state index contributed by atoms with van der Waals surface area (Å²) in [5, 5.41) is 0.587. The molecule has 0 aliphatic carbocycles. The van der Waals surface area contributed by atoms with Crippen molar-refractivity contribution in [2.45, 2.75) is 20.8 Å². The quantitative estimate of drug-likeness (QED) is 0.532. The van der Waals surface area contributed by atoms with Crippen molar-refractivity contribution in [1.82, 2.24) is 4.57 Å². The molecule has 122 valence electrons. The summed E-state index contributed by atoms with van der Waals surface area (Å²) < 4.78 is 12.3. The van der Waals surface area contributed by atoms with Crippen molar-refractivity contribution in [3.05, 3.63) is 40.2 Å². The Morgan fingerprint density at radius 1 is 1.26 bits per heavy atom. The maximum Gasteiger partial charge on any atom is 0.308 e. The standard InChI is InChI=1S/C17H20N2O4/c1-10(2)7-8-22-16-15(23-11(3)20)13-6-5-12(18)9-14(13)19(4)17(16)21/h5-7,9H,8,18H2,1-4H3. The van der Waals surface area contributed by atoms with Crippen LogP contribution in [0.1, 0.15) is 20.8 Å². The van der Waals surface area contributed by atoms with Gasteiger partial charge >= 0.3 is 5.97 Å². The monoisotopic (exact) mass is 316 g/mol. The fraction of sp³-hybridized carbons (Fsp3) is 0.294. The van der Waals surface area contributed by atoms with E-state index in [0.29, 0.717) is 16.6 Å². The Kier molecular flexibility index (Phi) is 4.74. The van der Waals surface area contributed by atoms with Crippen LogP contribution < -0.4 is 20.8 Å². The zero-order valence-corrected chi connectivity index (χ0v) is 13.7. The normalized spacial score (nSPS) is 10.4. The topological polar surface area (TPSA) is 83.5 Å². The lowest BCUT2D eigenvalue weighted by Gasteiger charge is -2.15. The predicted molar refractivity (Wildman–Crippen MR) is 89.8 cm³/mol. The Hall–Kier alpha value is -2.76. The van der Waals surface area contributed by atoms with Gasteiger partial charge in [0.05, 0.1) is 5.52 Å². The number of ether oxygens (including phenoxy) is 2. The minimum Gasteiger partial charge on any atom is -0.481 e. The first kappa shape index (κ1) is 16.6. The number of hydrogen-bond acceptors (Lipinski definition) is 5. The molecule has 2 aromatic rings. The molecular weight excluding hydrogens is 296 g/mol. The number of esters is 1. The Balaban J connectivity index is 2.70. The number of hydrogen-bond donors (Lipinski definition) is 1. The van der Waals surface area contributed by atoms with E-state index in [2.05, 4.69) is 0 Å². The fourth-order valence-corrected chi connectivity index (χ4v) is 2.16. The highest BCUT2D eigenvalue weighted by Crippen LogP contribution is 2.33. The Labute approximate surface area is 134 Å². The summed E-state index contributed by atoms with van der Waals surface area (Å²) in [7, 11) is 1.62. The minimum absolute atomic E-state index is 0.0115. The van der Waals surface area contributed by atoms with Crippen LogP contribution in [0.15, 0.2) is 34.6 Å². The van der Waals surface area contributed by atoms with Crippen molar-refractivity contribution >= 4 is 22.6 Å². The molecule has 0 radical (unpaired) electrons. The summed E-state index contributed by atoms with van der Waals surface area (Å²) in [5.74, 6) is -0.390. The third-order valence-electron chi connectivity index (χ3n) is 3.30. The Bertz CT molecular complexity index is 846. The molecule has 0 aliphatic heterocycles. The second-order valence-electron chi connectivity index (χ2n) is 5.49. The minimum atomic E-state index is -0.525. The van der Waals surface area contributed by atoms with E-state index in [1.807, 2.05) is 19.9 Å². The average molecular weight is 316 g/mol. The van der Waals surface area contributed by atoms with E-state index in [1.54, 1.807) is 25.2 Å². The summed E-state index contributed by atoms with van der Waals surface area (Å²) >= 11 is 0. The lowest BCUT2D eigenvalue weighted by atomic mass is 10.1. The summed E-state index contributed by atoms with van der Waals surface area (Å²) in [6.07, 6.45) is 1.84. The molecule has 6 nitrogen and oxygen atoms in total. The molecule has 23 heavy (non-hydrogen) atoms. The van der Waals surface area contributed by atoms with Crippen molar-refractivity contribution in [2.75, 3.05) is 12.3 Å². The SMILES string of the molecule is CC(=O)Oc1c(OCC=C(C)C)c(=O)n(C)c2cc(N)ccc12. The predicted octanol–water partition coefficient (Wildman–Crippen LogP) is 2.39. The maximum absolute atomic E-state index is 12.6. The van der Waals surface area contributed by atoms with Gasteiger partial charge < -0.3 is 19.8 Å². The third-order valence-corrected chi connectivity index (χ3v) is 3.30. The van der Waals surface area contributed by atoms with E-state index in [-0.39, 0.29) is 23.7 Å². The molecule has 2 N–H and O–H groups in total. The molecule has 1 aromatic carbocycles. The van der Waals surface area contributed by atoms with Gasteiger partial charge in [0, 0.05) is 25.0 Å².